The van der Waals surface area contributed by atoms with E-state index in [0.29, 0.717) is 5.92 Å². The largest absolute Gasteiger partial charge is 0.327 e. The number of benzene rings is 1. The summed E-state index contributed by atoms with van der Waals surface area (Å²) in [6.45, 7) is 0. The van der Waals surface area contributed by atoms with Gasteiger partial charge in [-0.2, -0.15) is 0 Å². The van der Waals surface area contributed by atoms with Crippen LogP contribution in [0.1, 0.15) is 17.9 Å². The number of nitrogens with two attached hydrogens (primary N) is 1. The van der Waals surface area contributed by atoms with E-state index in [0.717, 1.165) is 22.0 Å². The highest BCUT2D eigenvalue weighted by Crippen LogP contribution is 2.42. The second kappa shape index (κ2) is 2.91. The molecular weight excluding hydrogens is 193 g/mol. The van der Waals surface area contributed by atoms with Crippen molar-refractivity contribution in [2.75, 3.05) is 0 Å². The van der Waals surface area contributed by atoms with Crippen LogP contribution < -0.4 is 5.73 Å². The molecule has 1 aliphatic rings. The van der Waals surface area contributed by atoms with Crippen LogP contribution >= 0.6 is 23.2 Å². The van der Waals surface area contributed by atoms with Crippen molar-refractivity contribution in [3.05, 3.63) is 33.8 Å². The maximum atomic E-state index is 5.98. The van der Waals surface area contributed by atoms with Crippen LogP contribution in [0.4, 0.5) is 0 Å². The van der Waals surface area contributed by atoms with Crippen LogP contribution in [0.5, 0.6) is 0 Å². The van der Waals surface area contributed by atoms with Gasteiger partial charge in [0.15, 0.2) is 0 Å². The highest BCUT2D eigenvalue weighted by Gasteiger charge is 2.36. The predicted octanol–water partition coefficient (Wildman–Crippen LogP) is 2.81. The third-order valence-electron chi connectivity index (χ3n) is 2.20. The summed E-state index contributed by atoms with van der Waals surface area (Å²) in [5.41, 5.74) is 6.81. The van der Waals surface area contributed by atoms with Crippen LogP contribution in [0, 0.1) is 0 Å². The van der Waals surface area contributed by atoms with Gasteiger partial charge in [-0.3, -0.25) is 0 Å². The van der Waals surface area contributed by atoms with Crippen LogP contribution in [0.15, 0.2) is 18.2 Å². The van der Waals surface area contributed by atoms with Gasteiger partial charge in [0.05, 0.1) is 0 Å². The van der Waals surface area contributed by atoms with Crippen molar-refractivity contribution in [2.45, 2.75) is 18.4 Å². The quantitative estimate of drug-likeness (QED) is 0.744. The van der Waals surface area contributed by atoms with E-state index < -0.39 is 0 Å². The molecule has 0 spiro atoms. The minimum absolute atomic E-state index is 0.279. The first-order valence-corrected chi connectivity index (χ1v) is 4.64. The Kier molecular flexibility index (Phi) is 2.03. The molecule has 1 aromatic carbocycles. The van der Waals surface area contributed by atoms with Crippen molar-refractivity contribution < 1.29 is 0 Å². The summed E-state index contributed by atoms with van der Waals surface area (Å²) in [7, 11) is 0. The van der Waals surface area contributed by atoms with Crippen molar-refractivity contribution in [3.8, 4) is 0 Å². The normalized spacial score (nSPS) is 27.2. The molecule has 0 amide bonds. The van der Waals surface area contributed by atoms with E-state index >= 15 is 0 Å². The van der Waals surface area contributed by atoms with Crippen molar-refractivity contribution in [2.24, 2.45) is 5.73 Å². The molecule has 1 nitrogen and oxygen atoms in total. The molecule has 0 bridgehead atoms. The third kappa shape index (κ3) is 1.45. The van der Waals surface area contributed by atoms with Gasteiger partial charge in [0.1, 0.15) is 0 Å². The molecule has 2 rings (SSSR count). The zero-order valence-corrected chi connectivity index (χ0v) is 7.94. The van der Waals surface area contributed by atoms with E-state index in [1.807, 2.05) is 12.1 Å². The molecule has 1 aliphatic carbocycles. The number of hydrogen-bond acceptors (Lipinski definition) is 1. The molecule has 1 aromatic rings. The monoisotopic (exact) mass is 201 g/mol. The third-order valence-corrected chi connectivity index (χ3v) is 2.78. The van der Waals surface area contributed by atoms with Gasteiger partial charge in [0, 0.05) is 22.0 Å². The lowest BCUT2D eigenvalue weighted by Crippen LogP contribution is -2.01. The minimum atomic E-state index is 0.279. The van der Waals surface area contributed by atoms with E-state index in [1.165, 1.54) is 0 Å². The molecule has 3 heteroatoms. The zero-order chi connectivity index (χ0) is 8.72. The molecular formula is C9H9Cl2N. The molecule has 1 fully saturated rings. The van der Waals surface area contributed by atoms with Crippen LogP contribution in [0.25, 0.3) is 0 Å². The van der Waals surface area contributed by atoms with Gasteiger partial charge in [-0.25, -0.2) is 0 Å². The molecule has 2 atom stereocenters. The summed E-state index contributed by atoms with van der Waals surface area (Å²) >= 11 is 11.8. The molecule has 0 unspecified atom stereocenters. The van der Waals surface area contributed by atoms with Crippen LogP contribution in [-0.4, -0.2) is 6.04 Å². The Morgan fingerprint density at radius 3 is 2.58 bits per heavy atom. The Hall–Kier alpha value is -0.240. The standard InChI is InChI=1S/C9H9Cl2N/c10-5-1-2-8(11)6(3-5)7-4-9(7)12/h1-3,7,9H,4,12H2/t7-,9+/m1/s1. The first-order chi connectivity index (χ1) is 5.68. The Morgan fingerprint density at radius 1 is 1.33 bits per heavy atom. The number of rotatable bonds is 1. The molecule has 0 aromatic heterocycles. The average Bonchev–Trinajstić information content (AvgIpc) is 2.73. The molecule has 0 saturated heterocycles. The Labute approximate surface area is 81.5 Å². The van der Waals surface area contributed by atoms with E-state index in [9.17, 15) is 0 Å². The lowest BCUT2D eigenvalue weighted by atomic mass is 10.1. The van der Waals surface area contributed by atoms with Gasteiger partial charge in [-0.05, 0) is 30.2 Å². The smallest absolute Gasteiger partial charge is 0.0442 e. The van der Waals surface area contributed by atoms with Crippen LogP contribution in [0.2, 0.25) is 10.0 Å². The highest BCUT2D eigenvalue weighted by atomic mass is 35.5. The molecule has 0 radical (unpaired) electrons. The van der Waals surface area contributed by atoms with Gasteiger partial charge in [-0.15, -0.1) is 0 Å². The van der Waals surface area contributed by atoms with Gasteiger partial charge < -0.3 is 5.73 Å². The maximum absolute atomic E-state index is 5.98. The van der Waals surface area contributed by atoms with E-state index in [2.05, 4.69) is 0 Å². The predicted molar refractivity (Wildman–Crippen MR) is 51.8 cm³/mol. The molecule has 1 saturated carbocycles. The van der Waals surface area contributed by atoms with Crippen LogP contribution in [-0.2, 0) is 0 Å². The van der Waals surface area contributed by atoms with Gasteiger partial charge in [-0.1, -0.05) is 23.2 Å². The summed E-state index contributed by atoms with van der Waals surface area (Å²) in [6, 6.07) is 5.80. The fraction of sp³-hybridized carbons (Fsp3) is 0.333. The summed E-state index contributed by atoms with van der Waals surface area (Å²) in [6.07, 6.45) is 1.03. The first-order valence-electron chi connectivity index (χ1n) is 3.89. The van der Waals surface area contributed by atoms with Crippen molar-refractivity contribution in [3.63, 3.8) is 0 Å². The SMILES string of the molecule is N[C@H]1C[C@@H]1c1cc(Cl)ccc1Cl. The lowest BCUT2D eigenvalue weighted by molar-refractivity contribution is 0.991. The zero-order valence-electron chi connectivity index (χ0n) is 6.43. The molecule has 12 heavy (non-hydrogen) atoms. The Balaban J connectivity index is 2.36. The van der Waals surface area contributed by atoms with Gasteiger partial charge in [0.2, 0.25) is 0 Å². The Morgan fingerprint density at radius 2 is 2.00 bits per heavy atom. The van der Waals surface area contributed by atoms with E-state index in [1.54, 1.807) is 6.07 Å². The fourth-order valence-electron chi connectivity index (χ4n) is 1.37. The number of halogens is 2. The van der Waals surface area contributed by atoms with Crippen LogP contribution in [0.3, 0.4) is 0 Å². The van der Waals surface area contributed by atoms with Crippen molar-refractivity contribution in [1.82, 2.24) is 0 Å². The van der Waals surface area contributed by atoms with Crippen molar-refractivity contribution >= 4 is 23.2 Å². The summed E-state index contributed by atoms with van der Waals surface area (Å²) in [5.74, 6) is 0.427. The summed E-state index contributed by atoms with van der Waals surface area (Å²) in [4.78, 5) is 0. The molecule has 64 valence electrons. The first kappa shape index (κ1) is 8.36. The summed E-state index contributed by atoms with van der Waals surface area (Å²) in [5, 5.41) is 1.51. The van der Waals surface area contributed by atoms with Crippen molar-refractivity contribution in [1.29, 1.82) is 0 Å². The van der Waals surface area contributed by atoms with Gasteiger partial charge >= 0.3 is 0 Å². The maximum Gasteiger partial charge on any atom is 0.0442 e. The summed E-state index contributed by atoms with van der Waals surface area (Å²) < 4.78 is 0. The lowest BCUT2D eigenvalue weighted by Gasteiger charge is -2.02. The topological polar surface area (TPSA) is 26.0 Å². The van der Waals surface area contributed by atoms with Gasteiger partial charge in [0.25, 0.3) is 0 Å². The second-order valence-electron chi connectivity index (χ2n) is 3.17. The molecule has 2 N–H and O–H groups in total. The second-order valence-corrected chi connectivity index (χ2v) is 4.02. The molecule has 0 aliphatic heterocycles. The van der Waals surface area contributed by atoms with E-state index in [4.69, 9.17) is 28.9 Å². The Bertz CT molecular complexity index is 311. The highest BCUT2D eigenvalue weighted by molar-refractivity contribution is 6.33. The fourth-order valence-corrected chi connectivity index (χ4v) is 1.81. The van der Waals surface area contributed by atoms with E-state index in [-0.39, 0.29) is 6.04 Å². The molecule has 0 heterocycles. The average molecular weight is 202 g/mol. The minimum Gasteiger partial charge on any atom is -0.327 e. The number of hydrogen-bond donors (Lipinski definition) is 1.